The lowest BCUT2D eigenvalue weighted by molar-refractivity contribution is 0.112. The van der Waals surface area contributed by atoms with Crippen molar-refractivity contribution >= 4 is 6.29 Å². The van der Waals surface area contributed by atoms with Crippen molar-refractivity contribution in [2.75, 3.05) is 6.61 Å². The summed E-state index contributed by atoms with van der Waals surface area (Å²) in [5.41, 5.74) is 1.31. The fourth-order valence-electron chi connectivity index (χ4n) is 1.09. The van der Waals surface area contributed by atoms with Crippen molar-refractivity contribution < 1.29 is 15.0 Å². The quantitative estimate of drug-likeness (QED) is 0.677. The summed E-state index contributed by atoms with van der Waals surface area (Å²) in [6, 6.07) is 6.65. The molecule has 0 bridgehead atoms. The molecule has 0 aliphatic heterocycles. The molecule has 0 saturated heterocycles. The molecule has 1 aromatic rings. The first-order chi connectivity index (χ1) is 6.27. The summed E-state index contributed by atoms with van der Waals surface area (Å²) in [6.45, 7) is -0.0450. The van der Waals surface area contributed by atoms with Crippen LogP contribution in [0.4, 0.5) is 0 Å². The molecule has 0 aromatic heterocycles. The van der Waals surface area contributed by atoms with Gasteiger partial charge in [-0.05, 0) is 5.56 Å². The van der Waals surface area contributed by atoms with E-state index >= 15 is 0 Å². The van der Waals surface area contributed by atoms with Gasteiger partial charge in [0.05, 0.1) is 6.10 Å². The minimum Gasteiger partial charge on any atom is -0.396 e. The lowest BCUT2D eigenvalue weighted by Gasteiger charge is -2.08. The van der Waals surface area contributed by atoms with Gasteiger partial charge in [-0.2, -0.15) is 0 Å². The predicted octanol–water partition coefficient (Wildman–Crippen LogP) is 0.915. The highest BCUT2D eigenvalue weighted by atomic mass is 16.3. The Balaban J connectivity index is 2.73. The van der Waals surface area contributed by atoms with Gasteiger partial charge in [0.25, 0.3) is 0 Å². The Kier molecular flexibility index (Phi) is 3.61. The van der Waals surface area contributed by atoms with E-state index in [-0.39, 0.29) is 6.61 Å². The number of carbonyl (C=O) groups excluding carboxylic acids is 1. The molecular weight excluding hydrogens is 168 g/mol. The van der Waals surface area contributed by atoms with Crippen LogP contribution < -0.4 is 0 Å². The molecule has 0 saturated carbocycles. The van der Waals surface area contributed by atoms with Gasteiger partial charge in [0.1, 0.15) is 6.29 Å². The molecule has 1 atom stereocenters. The Morgan fingerprint density at radius 2 is 1.92 bits per heavy atom. The molecule has 70 valence electrons. The van der Waals surface area contributed by atoms with Gasteiger partial charge in [0.15, 0.2) is 0 Å². The van der Waals surface area contributed by atoms with Gasteiger partial charge >= 0.3 is 0 Å². The van der Waals surface area contributed by atoms with E-state index < -0.39 is 6.10 Å². The lowest BCUT2D eigenvalue weighted by atomic mass is 10.1. The van der Waals surface area contributed by atoms with Crippen LogP contribution in [0.5, 0.6) is 0 Å². The van der Waals surface area contributed by atoms with Crippen LogP contribution >= 0.6 is 0 Å². The highest BCUT2D eigenvalue weighted by Gasteiger charge is 2.05. The summed E-state index contributed by atoms with van der Waals surface area (Å²) in [6.07, 6.45) is 0.425. The third-order valence-electron chi connectivity index (χ3n) is 1.86. The van der Waals surface area contributed by atoms with E-state index in [0.29, 0.717) is 12.0 Å². The molecule has 3 nitrogen and oxygen atoms in total. The fourth-order valence-corrected chi connectivity index (χ4v) is 1.09. The molecule has 13 heavy (non-hydrogen) atoms. The number of hydrogen-bond donors (Lipinski definition) is 2. The molecule has 2 N–H and O–H groups in total. The number of aliphatic hydroxyl groups is 2. The molecule has 0 heterocycles. The van der Waals surface area contributed by atoms with Gasteiger partial charge in [0, 0.05) is 18.6 Å². The molecule has 0 aliphatic rings. The first-order valence-electron chi connectivity index (χ1n) is 4.12. The van der Waals surface area contributed by atoms with Crippen molar-refractivity contribution in [3.63, 3.8) is 0 Å². The van der Waals surface area contributed by atoms with Crippen LogP contribution in [0, 0.1) is 0 Å². The molecule has 1 unspecified atom stereocenters. The van der Waals surface area contributed by atoms with E-state index in [0.717, 1.165) is 11.8 Å². The van der Waals surface area contributed by atoms with Gasteiger partial charge in [-0.3, -0.25) is 4.79 Å². The fraction of sp³-hybridized carbons (Fsp3) is 0.300. The molecule has 0 aliphatic carbocycles. The second-order valence-corrected chi connectivity index (χ2v) is 2.81. The normalized spacial score (nSPS) is 12.5. The maximum absolute atomic E-state index is 10.3. The number of hydrogen-bond acceptors (Lipinski definition) is 3. The van der Waals surface area contributed by atoms with Crippen molar-refractivity contribution in [3.05, 3.63) is 35.4 Å². The standard InChI is InChI=1S/C10H12O3/c11-6-5-10(13)9-3-1-8(7-12)2-4-9/h1-4,7,10-11,13H,5-6H2. The lowest BCUT2D eigenvalue weighted by Crippen LogP contribution is -1.99. The van der Waals surface area contributed by atoms with Crippen LogP contribution in [-0.2, 0) is 0 Å². The van der Waals surface area contributed by atoms with Crippen LogP contribution in [0.15, 0.2) is 24.3 Å². The zero-order valence-corrected chi connectivity index (χ0v) is 7.18. The Bertz CT molecular complexity index is 266. The largest absolute Gasteiger partial charge is 0.396 e. The highest BCUT2D eigenvalue weighted by molar-refractivity contribution is 5.74. The second-order valence-electron chi connectivity index (χ2n) is 2.81. The van der Waals surface area contributed by atoms with E-state index in [2.05, 4.69) is 0 Å². The van der Waals surface area contributed by atoms with Gasteiger partial charge < -0.3 is 10.2 Å². The highest BCUT2D eigenvalue weighted by Crippen LogP contribution is 2.15. The van der Waals surface area contributed by atoms with Crippen LogP contribution in [0.3, 0.4) is 0 Å². The summed E-state index contributed by atoms with van der Waals surface area (Å²) in [7, 11) is 0. The average Bonchev–Trinajstić information content (AvgIpc) is 2.18. The Morgan fingerprint density at radius 1 is 1.31 bits per heavy atom. The smallest absolute Gasteiger partial charge is 0.150 e. The summed E-state index contributed by atoms with van der Waals surface area (Å²) < 4.78 is 0. The van der Waals surface area contributed by atoms with Crippen molar-refractivity contribution in [2.24, 2.45) is 0 Å². The molecule has 0 amide bonds. The molecule has 1 rings (SSSR count). The van der Waals surface area contributed by atoms with E-state index in [9.17, 15) is 9.90 Å². The minimum absolute atomic E-state index is 0.0450. The van der Waals surface area contributed by atoms with E-state index in [4.69, 9.17) is 5.11 Å². The molecular formula is C10H12O3. The molecule has 1 aromatic carbocycles. The van der Waals surface area contributed by atoms with Crippen LogP contribution in [0.2, 0.25) is 0 Å². The van der Waals surface area contributed by atoms with Crippen LogP contribution in [0.1, 0.15) is 28.4 Å². The van der Waals surface area contributed by atoms with E-state index in [1.54, 1.807) is 24.3 Å². The van der Waals surface area contributed by atoms with Gasteiger partial charge in [-0.1, -0.05) is 24.3 Å². The first kappa shape index (κ1) is 9.89. The second kappa shape index (κ2) is 4.74. The Hall–Kier alpha value is -1.19. The van der Waals surface area contributed by atoms with Gasteiger partial charge in [-0.25, -0.2) is 0 Å². The van der Waals surface area contributed by atoms with Gasteiger partial charge in [0.2, 0.25) is 0 Å². The number of aliphatic hydroxyl groups excluding tert-OH is 2. The molecule has 0 fully saturated rings. The Morgan fingerprint density at radius 3 is 2.38 bits per heavy atom. The van der Waals surface area contributed by atoms with Crippen molar-refractivity contribution in [2.45, 2.75) is 12.5 Å². The first-order valence-corrected chi connectivity index (χ1v) is 4.12. The maximum atomic E-state index is 10.3. The van der Waals surface area contributed by atoms with Crippen molar-refractivity contribution in [3.8, 4) is 0 Å². The maximum Gasteiger partial charge on any atom is 0.150 e. The van der Waals surface area contributed by atoms with E-state index in [1.165, 1.54) is 0 Å². The number of benzene rings is 1. The molecule has 3 heteroatoms. The third kappa shape index (κ3) is 2.65. The predicted molar refractivity (Wildman–Crippen MR) is 48.5 cm³/mol. The zero-order chi connectivity index (χ0) is 9.68. The summed E-state index contributed by atoms with van der Waals surface area (Å²) >= 11 is 0. The number of rotatable bonds is 4. The topological polar surface area (TPSA) is 57.5 Å². The Labute approximate surface area is 76.6 Å². The monoisotopic (exact) mass is 180 g/mol. The molecule has 0 spiro atoms. The number of aldehydes is 1. The van der Waals surface area contributed by atoms with Crippen LogP contribution in [0.25, 0.3) is 0 Å². The van der Waals surface area contributed by atoms with Crippen molar-refractivity contribution in [1.82, 2.24) is 0 Å². The summed E-state index contributed by atoms with van der Waals surface area (Å²) in [4.78, 5) is 10.3. The number of carbonyl (C=O) groups is 1. The third-order valence-corrected chi connectivity index (χ3v) is 1.86. The van der Waals surface area contributed by atoms with Crippen molar-refractivity contribution in [1.29, 1.82) is 0 Å². The minimum atomic E-state index is -0.647. The summed E-state index contributed by atoms with van der Waals surface area (Å²) in [5, 5.41) is 18.0. The molecule has 0 radical (unpaired) electrons. The van der Waals surface area contributed by atoms with Gasteiger partial charge in [-0.15, -0.1) is 0 Å². The van der Waals surface area contributed by atoms with E-state index in [1.807, 2.05) is 0 Å². The SMILES string of the molecule is O=Cc1ccc(C(O)CCO)cc1. The zero-order valence-electron chi connectivity index (χ0n) is 7.18. The average molecular weight is 180 g/mol. The van der Waals surface area contributed by atoms with Crippen LogP contribution in [-0.4, -0.2) is 23.1 Å². The summed E-state index contributed by atoms with van der Waals surface area (Å²) in [5.74, 6) is 0.